The third-order valence-corrected chi connectivity index (χ3v) is 3.45. The largest absolute Gasteiger partial charge is 0.489 e. The van der Waals surface area contributed by atoms with E-state index in [2.05, 4.69) is 39.8 Å². The van der Waals surface area contributed by atoms with Crippen LogP contribution in [0.3, 0.4) is 0 Å². The molecule has 0 saturated carbocycles. The number of ether oxygens (including phenoxy) is 2. The number of fused-ring (bicyclic) bond motifs is 1. The van der Waals surface area contributed by atoms with Crippen LogP contribution in [0.15, 0.2) is 12.1 Å². The maximum absolute atomic E-state index is 5.89. The Labute approximate surface area is 109 Å². The smallest absolute Gasteiger partial charge is 0.161 e. The van der Waals surface area contributed by atoms with Crippen LogP contribution in [0.5, 0.6) is 11.5 Å². The highest BCUT2D eigenvalue weighted by Gasteiger charge is 2.26. The summed E-state index contributed by atoms with van der Waals surface area (Å²) in [5, 5.41) is 0. The van der Waals surface area contributed by atoms with E-state index in [4.69, 9.17) is 15.2 Å². The van der Waals surface area contributed by atoms with Gasteiger partial charge >= 0.3 is 0 Å². The first-order chi connectivity index (χ1) is 8.43. The minimum absolute atomic E-state index is 0.0482. The monoisotopic (exact) mass is 249 g/mol. The quantitative estimate of drug-likeness (QED) is 0.876. The number of rotatable bonds is 2. The first-order valence-electron chi connectivity index (χ1n) is 6.53. The normalized spacial score (nSPS) is 19.2. The highest BCUT2D eigenvalue weighted by atomic mass is 16.5. The van der Waals surface area contributed by atoms with Crippen molar-refractivity contribution in [3.05, 3.63) is 23.3 Å². The molecule has 100 valence electrons. The Morgan fingerprint density at radius 1 is 1.22 bits per heavy atom. The molecule has 0 fully saturated rings. The van der Waals surface area contributed by atoms with Gasteiger partial charge in [-0.3, -0.25) is 0 Å². The Kier molecular flexibility index (Phi) is 3.53. The molecule has 18 heavy (non-hydrogen) atoms. The van der Waals surface area contributed by atoms with Crippen molar-refractivity contribution in [3.63, 3.8) is 0 Å². The SMILES string of the molecule is Cc1cc2c(cc1C(C)CN)OCC(C)(C)CO2. The average molecular weight is 249 g/mol. The van der Waals surface area contributed by atoms with Crippen LogP contribution in [0.4, 0.5) is 0 Å². The first kappa shape index (κ1) is 13.2. The molecule has 0 spiro atoms. The Morgan fingerprint density at radius 2 is 1.78 bits per heavy atom. The minimum Gasteiger partial charge on any atom is -0.489 e. The molecule has 0 aromatic heterocycles. The molecule has 0 aliphatic carbocycles. The van der Waals surface area contributed by atoms with Crippen LogP contribution < -0.4 is 15.2 Å². The predicted octanol–water partition coefficient (Wildman–Crippen LogP) is 2.85. The zero-order valence-corrected chi connectivity index (χ0v) is 11.7. The van der Waals surface area contributed by atoms with Gasteiger partial charge in [-0.1, -0.05) is 20.8 Å². The van der Waals surface area contributed by atoms with Gasteiger partial charge in [0.05, 0.1) is 13.2 Å². The summed E-state index contributed by atoms with van der Waals surface area (Å²) in [6.45, 7) is 10.5. The summed E-state index contributed by atoms with van der Waals surface area (Å²) >= 11 is 0. The second-order valence-electron chi connectivity index (χ2n) is 6.03. The number of hydrogen-bond acceptors (Lipinski definition) is 3. The van der Waals surface area contributed by atoms with Gasteiger partial charge in [-0.05, 0) is 42.6 Å². The maximum Gasteiger partial charge on any atom is 0.161 e. The van der Waals surface area contributed by atoms with Crippen molar-refractivity contribution >= 4 is 0 Å². The van der Waals surface area contributed by atoms with Crippen molar-refractivity contribution in [1.82, 2.24) is 0 Å². The van der Waals surface area contributed by atoms with Crippen molar-refractivity contribution in [2.45, 2.75) is 33.6 Å². The standard InChI is InChI=1S/C15H23NO2/c1-10-5-13-14(6-12(10)11(2)7-16)18-9-15(3,4)8-17-13/h5-6,11H,7-9,16H2,1-4H3. The lowest BCUT2D eigenvalue weighted by Gasteiger charge is -2.19. The van der Waals surface area contributed by atoms with E-state index in [9.17, 15) is 0 Å². The molecule has 0 bridgehead atoms. The van der Waals surface area contributed by atoms with Crippen LogP contribution in [-0.4, -0.2) is 19.8 Å². The summed E-state index contributed by atoms with van der Waals surface area (Å²) in [5.41, 5.74) is 8.27. The fraction of sp³-hybridized carbons (Fsp3) is 0.600. The van der Waals surface area contributed by atoms with Gasteiger partial charge in [0.25, 0.3) is 0 Å². The van der Waals surface area contributed by atoms with Crippen molar-refractivity contribution in [3.8, 4) is 11.5 Å². The van der Waals surface area contributed by atoms with Gasteiger partial charge in [0.15, 0.2) is 11.5 Å². The predicted molar refractivity (Wildman–Crippen MR) is 73.4 cm³/mol. The van der Waals surface area contributed by atoms with E-state index in [-0.39, 0.29) is 5.41 Å². The molecule has 0 amide bonds. The van der Waals surface area contributed by atoms with Crippen LogP contribution in [-0.2, 0) is 0 Å². The summed E-state index contributed by atoms with van der Waals surface area (Å²) in [7, 11) is 0. The molecule has 1 aliphatic rings. The summed E-state index contributed by atoms with van der Waals surface area (Å²) in [4.78, 5) is 0. The molecule has 0 saturated heterocycles. The van der Waals surface area contributed by atoms with E-state index in [0.717, 1.165) is 11.5 Å². The van der Waals surface area contributed by atoms with Gasteiger partial charge in [-0.15, -0.1) is 0 Å². The van der Waals surface area contributed by atoms with E-state index >= 15 is 0 Å². The lowest BCUT2D eigenvalue weighted by molar-refractivity contribution is 0.140. The van der Waals surface area contributed by atoms with Crippen LogP contribution >= 0.6 is 0 Å². The Bertz CT molecular complexity index is 440. The maximum atomic E-state index is 5.89. The van der Waals surface area contributed by atoms with Crippen molar-refractivity contribution < 1.29 is 9.47 Å². The highest BCUT2D eigenvalue weighted by molar-refractivity contribution is 5.48. The molecule has 1 aromatic rings. The second-order valence-corrected chi connectivity index (χ2v) is 6.03. The molecule has 1 heterocycles. The third-order valence-electron chi connectivity index (χ3n) is 3.45. The van der Waals surface area contributed by atoms with E-state index in [0.29, 0.717) is 25.7 Å². The molecule has 2 rings (SSSR count). The molecule has 1 unspecified atom stereocenters. The number of benzene rings is 1. The van der Waals surface area contributed by atoms with Gasteiger partial charge in [-0.25, -0.2) is 0 Å². The van der Waals surface area contributed by atoms with Gasteiger partial charge in [-0.2, -0.15) is 0 Å². The highest BCUT2D eigenvalue weighted by Crippen LogP contribution is 2.37. The van der Waals surface area contributed by atoms with Crippen LogP contribution in [0.1, 0.15) is 37.8 Å². The fourth-order valence-electron chi connectivity index (χ4n) is 2.15. The second kappa shape index (κ2) is 4.81. The van der Waals surface area contributed by atoms with Crippen molar-refractivity contribution in [2.75, 3.05) is 19.8 Å². The summed E-state index contributed by atoms with van der Waals surface area (Å²) in [6.07, 6.45) is 0. The third kappa shape index (κ3) is 2.61. The number of hydrogen-bond donors (Lipinski definition) is 1. The topological polar surface area (TPSA) is 44.5 Å². The van der Waals surface area contributed by atoms with E-state index in [1.165, 1.54) is 11.1 Å². The lowest BCUT2D eigenvalue weighted by atomic mass is 9.96. The zero-order chi connectivity index (χ0) is 13.3. The number of nitrogens with two attached hydrogens (primary N) is 1. The zero-order valence-electron chi connectivity index (χ0n) is 11.7. The average Bonchev–Trinajstić information content (AvgIpc) is 2.47. The number of aryl methyl sites for hydroxylation is 1. The molecule has 2 N–H and O–H groups in total. The van der Waals surface area contributed by atoms with Gasteiger partial charge in [0.2, 0.25) is 0 Å². The molecule has 1 atom stereocenters. The van der Waals surface area contributed by atoms with E-state index in [1.54, 1.807) is 0 Å². The van der Waals surface area contributed by atoms with E-state index in [1.807, 2.05) is 0 Å². The molecular formula is C15H23NO2. The molecular weight excluding hydrogens is 226 g/mol. The Morgan fingerprint density at radius 3 is 2.33 bits per heavy atom. The summed E-state index contributed by atoms with van der Waals surface area (Å²) in [6, 6.07) is 4.15. The Hall–Kier alpha value is -1.22. The summed E-state index contributed by atoms with van der Waals surface area (Å²) in [5.74, 6) is 2.04. The summed E-state index contributed by atoms with van der Waals surface area (Å²) < 4.78 is 11.7. The van der Waals surface area contributed by atoms with Crippen molar-refractivity contribution in [1.29, 1.82) is 0 Å². The molecule has 3 nitrogen and oxygen atoms in total. The fourth-order valence-corrected chi connectivity index (χ4v) is 2.15. The van der Waals surface area contributed by atoms with Crippen LogP contribution in [0, 0.1) is 12.3 Å². The van der Waals surface area contributed by atoms with Gasteiger partial charge < -0.3 is 15.2 Å². The Balaban J connectivity index is 2.35. The van der Waals surface area contributed by atoms with Crippen LogP contribution in [0.2, 0.25) is 0 Å². The lowest BCUT2D eigenvalue weighted by Crippen LogP contribution is -2.26. The van der Waals surface area contributed by atoms with Crippen molar-refractivity contribution in [2.24, 2.45) is 11.1 Å². The van der Waals surface area contributed by atoms with Crippen LogP contribution in [0.25, 0.3) is 0 Å². The van der Waals surface area contributed by atoms with Gasteiger partial charge in [0.1, 0.15) is 0 Å². The molecule has 3 heteroatoms. The molecule has 0 radical (unpaired) electrons. The molecule has 1 aromatic carbocycles. The molecule has 1 aliphatic heterocycles. The first-order valence-corrected chi connectivity index (χ1v) is 6.53. The minimum atomic E-state index is 0.0482. The van der Waals surface area contributed by atoms with Gasteiger partial charge in [0, 0.05) is 5.41 Å². The van der Waals surface area contributed by atoms with E-state index < -0.39 is 0 Å².